The first kappa shape index (κ1) is 13.3. The van der Waals surface area contributed by atoms with Crippen molar-refractivity contribution in [2.24, 2.45) is 0 Å². The van der Waals surface area contributed by atoms with Gasteiger partial charge in [-0.15, -0.1) is 0 Å². The molecule has 3 aromatic rings. The minimum absolute atomic E-state index is 0.697. The molecule has 0 amide bonds. The highest BCUT2D eigenvalue weighted by Gasteiger charge is 2.10. The van der Waals surface area contributed by atoms with Gasteiger partial charge in [-0.1, -0.05) is 42.5 Å². The number of rotatable bonds is 3. The summed E-state index contributed by atoms with van der Waals surface area (Å²) in [6, 6.07) is 18.1. The number of hydrogen-bond acceptors (Lipinski definition) is 3. The number of anilines is 1. The lowest BCUT2D eigenvalue weighted by Gasteiger charge is -2.12. The van der Waals surface area contributed by atoms with Crippen LogP contribution in [0.25, 0.3) is 21.9 Å². The molecule has 21 heavy (non-hydrogen) atoms. The Morgan fingerprint density at radius 3 is 2.33 bits per heavy atom. The van der Waals surface area contributed by atoms with E-state index >= 15 is 0 Å². The van der Waals surface area contributed by atoms with E-state index in [1.165, 1.54) is 0 Å². The summed E-state index contributed by atoms with van der Waals surface area (Å²) in [5.74, 6) is 1.41. The maximum atomic E-state index is 6.34. The fourth-order valence-electron chi connectivity index (χ4n) is 2.55. The van der Waals surface area contributed by atoms with Gasteiger partial charge in [0.25, 0.3) is 0 Å². The Kier molecular flexibility index (Phi) is 3.40. The van der Waals surface area contributed by atoms with Crippen molar-refractivity contribution in [3.05, 3.63) is 54.6 Å². The molecule has 0 unspecified atom stereocenters. The largest absolute Gasteiger partial charge is 0.493 e. The van der Waals surface area contributed by atoms with Crippen molar-refractivity contribution in [3.8, 4) is 22.6 Å². The first-order valence-electron chi connectivity index (χ1n) is 6.74. The predicted octanol–water partition coefficient (Wildman–Crippen LogP) is 4.11. The average Bonchev–Trinajstić information content (AvgIpc) is 2.55. The van der Waals surface area contributed by atoms with Crippen LogP contribution < -0.4 is 15.2 Å². The summed E-state index contributed by atoms with van der Waals surface area (Å²) in [6.45, 7) is 0. The van der Waals surface area contributed by atoms with Gasteiger partial charge in [-0.3, -0.25) is 0 Å². The van der Waals surface area contributed by atoms with Crippen LogP contribution in [-0.2, 0) is 0 Å². The van der Waals surface area contributed by atoms with Gasteiger partial charge < -0.3 is 15.2 Å². The highest BCUT2D eigenvalue weighted by molar-refractivity contribution is 6.00. The van der Waals surface area contributed by atoms with Gasteiger partial charge in [0.05, 0.1) is 14.2 Å². The van der Waals surface area contributed by atoms with Crippen LogP contribution >= 0.6 is 0 Å². The van der Waals surface area contributed by atoms with E-state index in [1.807, 2.05) is 42.5 Å². The van der Waals surface area contributed by atoms with Crippen LogP contribution in [0.3, 0.4) is 0 Å². The molecule has 0 saturated carbocycles. The van der Waals surface area contributed by atoms with Gasteiger partial charge in [0.2, 0.25) is 0 Å². The van der Waals surface area contributed by atoms with Gasteiger partial charge in [-0.2, -0.15) is 0 Å². The van der Waals surface area contributed by atoms with E-state index in [-0.39, 0.29) is 0 Å². The number of ether oxygens (including phenoxy) is 2. The Balaban J connectivity index is 2.18. The van der Waals surface area contributed by atoms with Crippen LogP contribution in [0, 0.1) is 0 Å². The third-order valence-electron chi connectivity index (χ3n) is 3.67. The van der Waals surface area contributed by atoms with Crippen LogP contribution in [-0.4, -0.2) is 14.2 Å². The summed E-state index contributed by atoms with van der Waals surface area (Å²) in [6.07, 6.45) is 0. The summed E-state index contributed by atoms with van der Waals surface area (Å²) in [4.78, 5) is 0. The number of nitrogen functional groups attached to an aromatic ring is 1. The molecule has 0 heterocycles. The second kappa shape index (κ2) is 5.37. The molecule has 0 spiro atoms. The third kappa shape index (κ3) is 2.27. The fraction of sp³-hybridized carbons (Fsp3) is 0.111. The highest BCUT2D eigenvalue weighted by Crippen LogP contribution is 2.37. The molecule has 3 rings (SSSR count). The minimum Gasteiger partial charge on any atom is -0.493 e. The van der Waals surface area contributed by atoms with Gasteiger partial charge >= 0.3 is 0 Å². The smallest absolute Gasteiger partial charge is 0.161 e. The summed E-state index contributed by atoms with van der Waals surface area (Å²) in [7, 11) is 3.26. The minimum atomic E-state index is 0.697. The summed E-state index contributed by atoms with van der Waals surface area (Å²) < 4.78 is 10.6. The Bertz CT molecular complexity index is 796. The molecule has 0 aromatic heterocycles. The molecular weight excluding hydrogens is 262 g/mol. The van der Waals surface area contributed by atoms with E-state index < -0.39 is 0 Å². The van der Waals surface area contributed by atoms with Gasteiger partial charge in [0, 0.05) is 16.6 Å². The van der Waals surface area contributed by atoms with Crippen LogP contribution in [0.15, 0.2) is 54.6 Å². The second-order valence-electron chi connectivity index (χ2n) is 4.82. The van der Waals surface area contributed by atoms with Gasteiger partial charge in [0.15, 0.2) is 11.5 Å². The van der Waals surface area contributed by atoms with Gasteiger partial charge in [-0.05, 0) is 23.1 Å². The van der Waals surface area contributed by atoms with Crippen molar-refractivity contribution in [1.82, 2.24) is 0 Å². The lowest BCUT2D eigenvalue weighted by atomic mass is 9.98. The van der Waals surface area contributed by atoms with Crippen molar-refractivity contribution in [3.63, 3.8) is 0 Å². The number of nitrogens with two attached hydrogens (primary N) is 1. The molecule has 0 bridgehead atoms. The Morgan fingerprint density at radius 2 is 1.57 bits per heavy atom. The van der Waals surface area contributed by atoms with Crippen molar-refractivity contribution in [1.29, 1.82) is 0 Å². The molecule has 0 aliphatic carbocycles. The summed E-state index contributed by atoms with van der Waals surface area (Å²) >= 11 is 0. The first-order valence-corrected chi connectivity index (χ1v) is 6.74. The van der Waals surface area contributed by atoms with Gasteiger partial charge in [-0.25, -0.2) is 0 Å². The first-order chi connectivity index (χ1) is 10.2. The van der Waals surface area contributed by atoms with E-state index in [1.54, 1.807) is 14.2 Å². The Hall–Kier alpha value is -2.68. The molecule has 0 aliphatic rings. The molecular formula is C18H17NO2. The number of methoxy groups -OCH3 is 2. The number of hydrogen-bond donors (Lipinski definition) is 1. The lowest BCUT2D eigenvalue weighted by Crippen LogP contribution is -1.94. The number of benzene rings is 3. The maximum Gasteiger partial charge on any atom is 0.161 e. The van der Waals surface area contributed by atoms with Gasteiger partial charge in [0.1, 0.15) is 0 Å². The normalized spacial score (nSPS) is 10.6. The molecule has 3 heteroatoms. The third-order valence-corrected chi connectivity index (χ3v) is 3.67. The van der Waals surface area contributed by atoms with E-state index in [4.69, 9.17) is 15.2 Å². The fourth-order valence-corrected chi connectivity index (χ4v) is 2.55. The topological polar surface area (TPSA) is 44.5 Å². The second-order valence-corrected chi connectivity index (χ2v) is 4.82. The molecule has 0 aliphatic heterocycles. The SMILES string of the molecule is COc1ccc(-c2ccc3ccccc3c2N)cc1OC. The molecule has 0 radical (unpaired) electrons. The lowest BCUT2D eigenvalue weighted by molar-refractivity contribution is 0.355. The van der Waals surface area contributed by atoms with Crippen LogP contribution in [0.2, 0.25) is 0 Å². The molecule has 0 atom stereocenters. The highest BCUT2D eigenvalue weighted by atomic mass is 16.5. The van der Waals surface area contributed by atoms with E-state index in [0.717, 1.165) is 27.6 Å². The van der Waals surface area contributed by atoms with Crippen molar-refractivity contribution in [2.75, 3.05) is 20.0 Å². The predicted molar refractivity (Wildman–Crippen MR) is 86.9 cm³/mol. The quantitative estimate of drug-likeness (QED) is 0.734. The molecule has 3 nitrogen and oxygen atoms in total. The molecule has 0 saturated heterocycles. The zero-order valence-corrected chi connectivity index (χ0v) is 12.1. The zero-order chi connectivity index (χ0) is 14.8. The maximum absolute atomic E-state index is 6.34. The van der Waals surface area contributed by atoms with Crippen molar-refractivity contribution < 1.29 is 9.47 Å². The van der Waals surface area contributed by atoms with E-state index in [9.17, 15) is 0 Å². The molecule has 106 valence electrons. The number of fused-ring (bicyclic) bond motifs is 1. The standard InChI is InChI=1S/C18H17NO2/c1-20-16-10-8-13(11-17(16)21-2)15-9-7-12-5-3-4-6-14(12)18(15)19/h3-11H,19H2,1-2H3. The average molecular weight is 279 g/mol. The Morgan fingerprint density at radius 1 is 0.810 bits per heavy atom. The van der Waals surface area contributed by atoms with Crippen LogP contribution in [0.5, 0.6) is 11.5 Å². The zero-order valence-electron chi connectivity index (χ0n) is 12.1. The molecule has 0 fully saturated rings. The van der Waals surface area contributed by atoms with E-state index in [0.29, 0.717) is 11.5 Å². The van der Waals surface area contributed by atoms with Crippen molar-refractivity contribution >= 4 is 16.5 Å². The molecule has 3 aromatic carbocycles. The Labute approximate surface area is 123 Å². The van der Waals surface area contributed by atoms with Crippen LogP contribution in [0.4, 0.5) is 5.69 Å². The van der Waals surface area contributed by atoms with Crippen LogP contribution in [0.1, 0.15) is 0 Å². The molecule has 2 N–H and O–H groups in total. The van der Waals surface area contributed by atoms with E-state index in [2.05, 4.69) is 12.1 Å². The summed E-state index contributed by atoms with van der Waals surface area (Å²) in [5.41, 5.74) is 9.12. The summed E-state index contributed by atoms with van der Waals surface area (Å²) in [5, 5.41) is 2.20. The van der Waals surface area contributed by atoms with Crippen molar-refractivity contribution in [2.45, 2.75) is 0 Å². The monoisotopic (exact) mass is 279 g/mol.